The predicted octanol–water partition coefficient (Wildman–Crippen LogP) is 5.00. The predicted molar refractivity (Wildman–Crippen MR) is 115 cm³/mol. The summed E-state index contributed by atoms with van der Waals surface area (Å²) < 4.78 is 2.27. The smallest absolute Gasteiger partial charge is 0.224 e. The molecule has 146 valence electrons. The van der Waals surface area contributed by atoms with E-state index in [1.807, 2.05) is 45.0 Å². The Hall–Kier alpha value is -2.53. The molecule has 0 radical (unpaired) electrons. The number of hydrogen-bond acceptors (Lipinski definition) is 3. The quantitative estimate of drug-likeness (QED) is 0.674. The molecule has 1 N–H and O–H groups in total. The Bertz CT molecular complexity index is 1040. The van der Waals surface area contributed by atoms with Gasteiger partial charge in [-0.15, -0.1) is 0 Å². The molecule has 1 aliphatic heterocycles. The first-order valence-corrected chi connectivity index (χ1v) is 10.1. The molecule has 0 unspecified atom stereocenters. The number of nitrogens with zero attached hydrogens (tertiary/aromatic N) is 3. The third kappa shape index (κ3) is 3.72. The number of imidazole rings is 1. The summed E-state index contributed by atoms with van der Waals surface area (Å²) in [5.41, 5.74) is 5.19. The number of aromatic nitrogens is 2. The molecule has 1 amide bonds. The lowest BCUT2D eigenvalue weighted by atomic mass is 10.1. The molecule has 6 heteroatoms. The van der Waals surface area contributed by atoms with Crippen LogP contribution in [0.1, 0.15) is 31.7 Å². The Labute approximate surface area is 170 Å². The average Bonchev–Trinajstić information content (AvgIpc) is 2.99. The summed E-state index contributed by atoms with van der Waals surface area (Å²) in [5.74, 6) is 1.47. The lowest BCUT2D eigenvalue weighted by Gasteiger charge is -2.30. The number of halogens is 1. The van der Waals surface area contributed by atoms with E-state index in [1.54, 1.807) is 0 Å². The summed E-state index contributed by atoms with van der Waals surface area (Å²) in [4.78, 5) is 19.2. The number of carbonyl (C=O) groups excluding carboxylic acids is 1. The fourth-order valence-corrected chi connectivity index (χ4v) is 3.94. The molecule has 0 atom stereocenters. The van der Waals surface area contributed by atoms with Crippen molar-refractivity contribution in [3.63, 3.8) is 0 Å². The van der Waals surface area contributed by atoms with Crippen LogP contribution in [0.3, 0.4) is 0 Å². The van der Waals surface area contributed by atoms with Gasteiger partial charge in [-0.05, 0) is 54.8 Å². The summed E-state index contributed by atoms with van der Waals surface area (Å²) in [6, 6.07) is 12.1. The van der Waals surface area contributed by atoms with E-state index < -0.39 is 0 Å². The van der Waals surface area contributed by atoms with Gasteiger partial charge in [-0.3, -0.25) is 4.79 Å². The number of hydrogen-bond donors (Lipinski definition) is 1. The average molecular weight is 397 g/mol. The van der Waals surface area contributed by atoms with E-state index in [-0.39, 0.29) is 5.91 Å². The third-order valence-corrected chi connectivity index (χ3v) is 5.39. The van der Waals surface area contributed by atoms with Gasteiger partial charge in [0.15, 0.2) is 0 Å². The van der Waals surface area contributed by atoms with Crippen LogP contribution in [0.4, 0.5) is 11.4 Å². The largest absolute Gasteiger partial charge is 0.362 e. The second-order valence-corrected chi connectivity index (χ2v) is 8.32. The van der Waals surface area contributed by atoms with Crippen LogP contribution in [0.5, 0.6) is 0 Å². The first kappa shape index (κ1) is 18.8. The highest BCUT2D eigenvalue weighted by molar-refractivity contribution is 6.31. The number of aryl methyl sites for hydroxylation is 1. The highest BCUT2D eigenvalue weighted by Crippen LogP contribution is 2.28. The Balaban J connectivity index is 1.53. The zero-order valence-electron chi connectivity index (χ0n) is 16.5. The Kier molecular flexibility index (Phi) is 5.02. The van der Waals surface area contributed by atoms with E-state index in [0.29, 0.717) is 17.4 Å². The van der Waals surface area contributed by atoms with Gasteiger partial charge < -0.3 is 14.8 Å². The normalized spacial score (nSPS) is 13.8. The zero-order chi connectivity index (χ0) is 19.8. The van der Waals surface area contributed by atoms with Crippen molar-refractivity contribution in [2.75, 3.05) is 16.8 Å². The fourth-order valence-electron chi connectivity index (χ4n) is 3.77. The van der Waals surface area contributed by atoms with E-state index in [0.717, 1.165) is 53.4 Å². The van der Waals surface area contributed by atoms with Crippen LogP contribution in [0.25, 0.3) is 11.0 Å². The number of amides is 1. The summed E-state index contributed by atoms with van der Waals surface area (Å²) in [7, 11) is 0. The lowest BCUT2D eigenvalue weighted by Crippen LogP contribution is -2.33. The van der Waals surface area contributed by atoms with Gasteiger partial charge in [0.05, 0.1) is 17.6 Å². The number of rotatable bonds is 4. The summed E-state index contributed by atoms with van der Waals surface area (Å²) in [5, 5.41) is 3.74. The van der Waals surface area contributed by atoms with Crippen LogP contribution in [-0.4, -0.2) is 22.0 Å². The maximum atomic E-state index is 12.1. The van der Waals surface area contributed by atoms with Gasteiger partial charge >= 0.3 is 0 Å². The molecule has 0 bridgehead atoms. The van der Waals surface area contributed by atoms with Crippen molar-refractivity contribution in [3.05, 3.63) is 52.8 Å². The SMILES string of the molecule is Cc1cc(N2CCn3c(nc4cc(Cl)ccc43)C2)ccc1NC(=O)CC(C)C. The molecule has 1 aliphatic rings. The Morgan fingerprint density at radius 2 is 2.04 bits per heavy atom. The van der Waals surface area contributed by atoms with Gasteiger partial charge in [0, 0.05) is 35.9 Å². The van der Waals surface area contributed by atoms with Gasteiger partial charge in [-0.25, -0.2) is 4.98 Å². The Morgan fingerprint density at radius 3 is 2.79 bits per heavy atom. The van der Waals surface area contributed by atoms with Crippen molar-refractivity contribution in [2.24, 2.45) is 5.92 Å². The van der Waals surface area contributed by atoms with Crippen molar-refractivity contribution in [2.45, 2.75) is 40.3 Å². The molecule has 5 nitrogen and oxygen atoms in total. The van der Waals surface area contributed by atoms with Crippen LogP contribution in [0.15, 0.2) is 36.4 Å². The molecule has 2 aromatic carbocycles. The molecule has 0 spiro atoms. The minimum atomic E-state index is 0.0659. The molecular formula is C22H25ClN4O. The molecule has 0 saturated heterocycles. The van der Waals surface area contributed by atoms with E-state index in [9.17, 15) is 4.79 Å². The minimum absolute atomic E-state index is 0.0659. The van der Waals surface area contributed by atoms with Crippen molar-refractivity contribution in [1.82, 2.24) is 9.55 Å². The molecular weight excluding hydrogens is 372 g/mol. The number of fused-ring (bicyclic) bond motifs is 3. The molecule has 0 saturated carbocycles. The summed E-state index contributed by atoms with van der Waals surface area (Å²) in [6.07, 6.45) is 0.535. The Morgan fingerprint density at radius 1 is 1.21 bits per heavy atom. The summed E-state index contributed by atoms with van der Waals surface area (Å²) in [6.45, 7) is 8.69. The van der Waals surface area contributed by atoms with Crippen molar-refractivity contribution >= 4 is 39.9 Å². The lowest BCUT2D eigenvalue weighted by molar-refractivity contribution is -0.116. The second kappa shape index (κ2) is 7.47. The molecule has 28 heavy (non-hydrogen) atoms. The van der Waals surface area contributed by atoms with Gasteiger partial charge in [0.2, 0.25) is 5.91 Å². The van der Waals surface area contributed by atoms with Crippen LogP contribution in [0, 0.1) is 12.8 Å². The number of nitrogens with one attached hydrogen (secondary N) is 1. The first-order chi connectivity index (χ1) is 13.4. The van der Waals surface area contributed by atoms with Crippen molar-refractivity contribution in [3.8, 4) is 0 Å². The van der Waals surface area contributed by atoms with Crippen molar-refractivity contribution in [1.29, 1.82) is 0 Å². The molecule has 0 fully saturated rings. The molecule has 2 heterocycles. The highest BCUT2D eigenvalue weighted by atomic mass is 35.5. The summed E-state index contributed by atoms with van der Waals surface area (Å²) >= 11 is 6.11. The maximum absolute atomic E-state index is 12.1. The molecule has 3 aromatic rings. The van der Waals surface area contributed by atoms with Gasteiger partial charge in [0.1, 0.15) is 5.82 Å². The second-order valence-electron chi connectivity index (χ2n) is 7.88. The highest BCUT2D eigenvalue weighted by Gasteiger charge is 2.21. The van der Waals surface area contributed by atoms with Gasteiger partial charge in [-0.1, -0.05) is 25.4 Å². The number of benzene rings is 2. The van der Waals surface area contributed by atoms with Crippen molar-refractivity contribution < 1.29 is 4.79 Å². The van der Waals surface area contributed by atoms with Crippen LogP contribution in [0.2, 0.25) is 5.02 Å². The zero-order valence-corrected chi connectivity index (χ0v) is 17.3. The molecule has 1 aromatic heterocycles. The standard InChI is InChI=1S/C22H25ClN4O/c1-14(2)10-22(28)25-18-6-5-17(11-15(18)3)26-8-9-27-20-7-4-16(23)12-19(20)24-21(27)13-26/h4-7,11-12,14H,8-10,13H2,1-3H3,(H,25,28). The monoisotopic (exact) mass is 396 g/mol. The number of anilines is 2. The fraction of sp³-hybridized carbons (Fsp3) is 0.364. The van der Waals surface area contributed by atoms with E-state index in [2.05, 4.69) is 26.9 Å². The minimum Gasteiger partial charge on any atom is -0.362 e. The third-order valence-electron chi connectivity index (χ3n) is 5.16. The maximum Gasteiger partial charge on any atom is 0.224 e. The van der Waals surface area contributed by atoms with E-state index in [1.165, 1.54) is 0 Å². The van der Waals surface area contributed by atoms with Crippen LogP contribution in [-0.2, 0) is 17.9 Å². The van der Waals surface area contributed by atoms with Crippen LogP contribution >= 0.6 is 11.6 Å². The van der Waals surface area contributed by atoms with Gasteiger partial charge in [-0.2, -0.15) is 0 Å². The topological polar surface area (TPSA) is 50.2 Å². The molecule has 0 aliphatic carbocycles. The van der Waals surface area contributed by atoms with Crippen LogP contribution < -0.4 is 10.2 Å². The molecule has 4 rings (SSSR count). The number of carbonyl (C=O) groups is 1. The van der Waals surface area contributed by atoms with E-state index in [4.69, 9.17) is 16.6 Å². The first-order valence-electron chi connectivity index (χ1n) is 9.71. The van der Waals surface area contributed by atoms with Gasteiger partial charge in [0.25, 0.3) is 0 Å². The van der Waals surface area contributed by atoms with E-state index >= 15 is 0 Å².